The molecule has 28 heavy (non-hydrogen) atoms. The Balaban J connectivity index is 1.91. The molecule has 0 spiro atoms. The molecule has 0 fully saturated rings. The molecule has 1 N–H and O–H groups in total. The molecule has 1 unspecified atom stereocenters. The van der Waals surface area contributed by atoms with E-state index in [-0.39, 0.29) is 11.3 Å². The minimum absolute atomic E-state index is 0.000307. The summed E-state index contributed by atoms with van der Waals surface area (Å²) in [4.78, 5) is 24.9. The van der Waals surface area contributed by atoms with Crippen LogP contribution in [0.3, 0.4) is 0 Å². The molecular formula is C21H21NO5S. The largest absolute Gasteiger partial charge is 0.457 e. The lowest BCUT2D eigenvalue weighted by molar-refractivity contribution is 0.0944. The number of hydrogen-bond donors (Lipinski definition) is 1. The van der Waals surface area contributed by atoms with Crippen LogP contribution in [0, 0.1) is 0 Å². The summed E-state index contributed by atoms with van der Waals surface area (Å²) in [5.41, 5.74) is 1.62. The van der Waals surface area contributed by atoms with Crippen LogP contribution in [0.5, 0.6) is 11.5 Å². The molecule has 1 amide bonds. The molecule has 3 rings (SSSR count). The first-order chi connectivity index (χ1) is 13.2. The van der Waals surface area contributed by atoms with Crippen molar-refractivity contribution in [2.75, 3.05) is 6.26 Å². The Labute approximate surface area is 164 Å². The molecule has 2 aromatic carbocycles. The number of sulfone groups is 1. The zero-order chi connectivity index (χ0) is 20.3. The molecule has 2 aromatic rings. The highest BCUT2D eigenvalue weighted by Gasteiger charge is 2.25. The first-order valence-corrected chi connectivity index (χ1v) is 10.8. The van der Waals surface area contributed by atoms with Crippen molar-refractivity contribution in [2.45, 2.75) is 25.8 Å². The first kappa shape index (κ1) is 19.8. The number of amides is 1. The summed E-state index contributed by atoms with van der Waals surface area (Å²) in [6.45, 7) is 1.66. The summed E-state index contributed by atoms with van der Waals surface area (Å²) in [6, 6.07) is 11.8. The Bertz CT molecular complexity index is 1040. The predicted molar refractivity (Wildman–Crippen MR) is 107 cm³/mol. The van der Waals surface area contributed by atoms with Crippen molar-refractivity contribution in [1.82, 2.24) is 5.32 Å². The number of carbonyl (C=O) groups is 2. The monoisotopic (exact) mass is 399 g/mol. The van der Waals surface area contributed by atoms with Gasteiger partial charge in [0.2, 0.25) is 0 Å². The molecule has 0 heterocycles. The average molecular weight is 399 g/mol. The number of ether oxygens (including phenoxy) is 1. The number of rotatable bonds is 6. The third kappa shape index (κ3) is 4.86. The highest BCUT2D eigenvalue weighted by molar-refractivity contribution is 7.93. The van der Waals surface area contributed by atoms with Gasteiger partial charge in [-0.1, -0.05) is 24.3 Å². The maximum atomic E-state index is 12.8. The number of Topliss-reactive ketones (excluding diaryl/α,β-unsaturated/α-hetero) is 1. The van der Waals surface area contributed by atoms with E-state index < -0.39 is 21.8 Å². The Kier molecular flexibility index (Phi) is 5.65. The van der Waals surface area contributed by atoms with E-state index in [1.165, 1.54) is 6.08 Å². The van der Waals surface area contributed by atoms with Crippen molar-refractivity contribution in [1.29, 1.82) is 0 Å². The molecule has 1 aliphatic rings. The van der Waals surface area contributed by atoms with Crippen molar-refractivity contribution in [2.24, 2.45) is 0 Å². The number of carbonyl (C=O) groups excluding carboxylic acids is 2. The molecular weight excluding hydrogens is 378 g/mol. The van der Waals surface area contributed by atoms with E-state index in [4.69, 9.17) is 4.74 Å². The lowest BCUT2D eigenvalue weighted by Crippen LogP contribution is -2.31. The van der Waals surface area contributed by atoms with Crippen molar-refractivity contribution < 1.29 is 22.7 Å². The van der Waals surface area contributed by atoms with E-state index in [0.29, 0.717) is 29.9 Å². The molecule has 7 heteroatoms. The summed E-state index contributed by atoms with van der Waals surface area (Å²) in [5.74, 6) is 0.488. The van der Waals surface area contributed by atoms with Gasteiger partial charge in [0.05, 0.1) is 5.56 Å². The number of hydrogen-bond acceptors (Lipinski definition) is 5. The van der Waals surface area contributed by atoms with Gasteiger partial charge in [0.1, 0.15) is 11.5 Å². The zero-order valence-electron chi connectivity index (χ0n) is 15.6. The van der Waals surface area contributed by atoms with Crippen LogP contribution in [0.25, 0.3) is 0 Å². The van der Waals surface area contributed by atoms with Gasteiger partial charge < -0.3 is 10.1 Å². The Morgan fingerprint density at radius 1 is 1.18 bits per heavy atom. The van der Waals surface area contributed by atoms with Crippen LogP contribution in [-0.4, -0.2) is 32.4 Å². The van der Waals surface area contributed by atoms with Gasteiger partial charge in [0.15, 0.2) is 15.6 Å². The normalized spacial score (nSPS) is 14.7. The lowest BCUT2D eigenvalue weighted by Gasteiger charge is -2.15. The summed E-state index contributed by atoms with van der Waals surface area (Å²) in [6.07, 6.45) is 3.51. The number of para-hydroxylation sites is 1. The Morgan fingerprint density at radius 3 is 2.57 bits per heavy atom. The van der Waals surface area contributed by atoms with Crippen LogP contribution < -0.4 is 10.1 Å². The maximum Gasteiger partial charge on any atom is 0.255 e. The van der Waals surface area contributed by atoms with Gasteiger partial charge in [-0.05, 0) is 43.2 Å². The van der Waals surface area contributed by atoms with E-state index in [2.05, 4.69) is 5.32 Å². The van der Waals surface area contributed by atoms with Gasteiger partial charge in [-0.15, -0.1) is 0 Å². The summed E-state index contributed by atoms with van der Waals surface area (Å²) < 4.78 is 28.4. The van der Waals surface area contributed by atoms with Gasteiger partial charge in [0.25, 0.3) is 5.91 Å². The fraction of sp³-hybridized carbons (Fsp3) is 0.238. The summed E-state index contributed by atoms with van der Waals surface area (Å²) in [7, 11) is -3.28. The molecule has 0 saturated carbocycles. The lowest BCUT2D eigenvalue weighted by atomic mass is 10.0. The van der Waals surface area contributed by atoms with Gasteiger partial charge in [0, 0.05) is 29.7 Å². The van der Waals surface area contributed by atoms with Crippen molar-refractivity contribution in [3.8, 4) is 11.5 Å². The summed E-state index contributed by atoms with van der Waals surface area (Å²) in [5, 5.41) is 3.77. The van der Waals surface area contributed by atoms with E-state index in [0.717, 1.165) is 17.2 Å². The Morgan fingerprint density at radius 2 is 1.89 bits per heavy atom. The third-order valence-corrected chi connectivity index (χ3v) is 4.97. The van der Waals surface area contributed by atoms with Crippen LogP contribution in [-0.2, 0) is 16.3 Å². The van der Waals surface area contributed by atoms with Crippen LogP contribution in [0.4, 0.5) is 0 Å². The minimum atomic E-state index is -3.28. The fourth-order valence-corrected chi connectivity index (χ4v) is 3.46. The van der Waals surface area contributed by atoms with Gasteiger partial charge >= 0.3 is 0 Å². The highest BCUT2D eigenvalue weighted by Crippen LogP contribution is 2.33. The van der Waals surface area contributed by atoms with E-state index in [9.17, 15) is 18.0 Å². The molecule has 0 saturated heterocycles. The van der Waals surface area contributed by atoms with Crippen molar-refractivity contribution in [3.05, 3.63) is 70.6 Å². The van der Waals surface area contributed by atoms with Gasteiger partial charge in [-0.2, -0.15) is 0 Å². The van der Waals surface area contributed by atoms with Crippen molar-refractivity contribution in [3.63, 3.8) is 0 Å². The molecule has 0 aromatic heterocycles. The van der Waals surface area contributed by atoms with Crippen LogP contribution >= 0.6 is 0 Å². The minimum Gasteiger partial charge on any atom is -0.457 e. The first-order valence-electron chi connectivity index (χ1n) is 8.85. The number of nitrogens with one attached hydrogen (secondary N) is 1. The second kappa shape index (κ2) is 7.98. The number of ketones is 1. The molecule has 1 atom stereocenters. The molecule has 0 radical (unpaired) electrons. The predicted octanol–water partition coefficient (Wildman–Crippen LogP) is 3.28. The van der Waals surface area contributed by atoms with Crippen molar-refractivity contribution >= 4 is 21.5 Å². The second-order valence-corrected chi connectivity index (χ2v) is 8.70. The topological polar surface area (TPSA) is 89.5 Å². The fourth-order valence-electron chi connectivity index (χ4n) is 2.94. The van der Waals surface area contributed by atoms with Crippen LogP contribution in [0.15, 0.2) is 53.9 Å². The third-order valence-electron chi connectivity index (χ3n) is 4.32. The standard InChI is InChI=1S/C21H21NO5S/c1-14(10-11-28(2,25)26)22-21(24)18-13-17-15(8-9-19(17)23)12-20(18)27-16-6-4-3-5-7-16/h3-7,10-14H,8-9H2,1-2H3,(H,22,24). The molecule has 0 aliphatic heterocycles. The molecule has 6 nitrogen and oxygen atoms in total. The highest BCUT2D eigenvalue weighted by atomic mass is 32.2. The molecule has 146 valence electrons. The maximum absolute atomic E-state index is 12.8. The van der Waals surface area contributed by atoms with Crippen LogP contribution in [0.1, 0.15) is 39.6 Å². The smallest absolute Gasteiger partial charge is 0.255 e. The SMILES string of the molecule is CC(C=CS(C)(=O)=O)NC(=O)c1cc2c(cc1Oc1ccccc1)CCC2=O. The quantitative estimate of drug-likeness (QED) is 0.805. The number of benzene rings is 2. The molecule has 1 aliphatic carbocycles. The van der Waals surface area contributed by atoms with Gasteiger partial charge in [-0.25, -0.2) is 8.42 Å². The number of aryl methyl sites for hydroxylation is 1. The Hall–Kier alpha value is -2.93. The average Bonchev–Trinajstić information content (AvgIpc) is 3.00. The second-order valence-electron chi connectivity index (χ2n) is 6.76. The van der Waals surface area contributed by atoms with E-state index >= 15 is 0 Å². The zero-order valence-corrected chi connectivity index (χ0v) is 16.5. The van der Waals surface area contributed by atoms with E-state index in [1.807, 2.05) is 18.2 Å². The number of fused-ring (bicyclic) bond motifs is 1. The van der Waals surface area contributed by atoms with E-state index in [1.54, 1.807) is 31.2 Å². The van der Waals surface area contributed by atoms with Gasteiger partial charge in [-0.3, -0.25) is 9.59 Å². The summed E-state index contributed by atoms with van der Waals surface area (Å²) >= 11 is 0. The molecule has 0 bridgehead atoms. The van der Waals surface area contributed by atoms with Crippen LogP contribution in [0.2, 0.25) is 0 Å².